The van der Waals surface area contributed by atoms with Crippen molar-refractivity contribution in [1.29, 1.82) is 0 Å². The van der Waals surface area contributed by atoms with E-state index >= 15 is 0 Å². The van der Waals surface area contributed by atoms with Gasteiger partial charge in [-0.05, 0) is 19.3 Å². The molecule has 142 valence electrons. The molecule has 1 aromatic heterocycles. The summed E-state index contributed by atoms with van der Waals surface area (Å²) in [5, 5.41) is 29.4. The maximum atomic E-state index is 12.5. The van der Waals surface area contributed by atoms with Crippen LogP contribution in [0, 0.1) is 0 Å². The van der Waals surface area contributed by atoms with Crippen molar-refractivity contribution in [1.82, 2.24) is 0 Å². The lowest BCUT2D eigenvalue weighted by atomic mass is 10.1. The van der Waals surface area contributed by atoms with Crippen molar-refractivity contribution >= 4 is 11.0 Å². The lowest BCUT2D eigenvalue weighted by Crippen LogP contribution is -2.03. The number of hydrogen-bond acceptors (Lipinski definition) is 6. The third-order valence-electron chi connectivity index (χ3n) is 4.28. The lowest BCUT2D eigenvalue weighted by molar-refractivity contribution is 0.263. The van der Waals surface area contributed by atoms with Crippen LogP contribution >= 0.6 is 0 Å². The molecule has 0 bridgehead atoms. The Hall–Kier alpha value is -2.99. The Kier molecular flexibility index (Phi) is 5.98. The molecule has 2 aromatic carbocycles. The highest BCUT2D eigenvalue weighted by Gasteiger charge is 2.19. The van der Waals surface area contributed by atoms with Gasteiger partial charge in [0, 0.05) is 24.3 Å². The highest BCUT2D eigenvalue weighted by atomic mass is 16.5. The van der Waals surface area contributed by atoms with Gasteiger partial charge in [-0.15, -0.1) is 0 Å². The van der Waals surface area contributed by atoms with Crippen LogP contribution < -0.4 is 10.2 Å². The van der Waals surface area contributed by atoms with Crippen LogP contribution in [-0.4, -0.2) is 28.5 Å². The first kappa shape index (κ1) is 18.8. The van der Waals surface area contributed by atoms with E-state index in [4.69, 9.17) is 14.3 Å². The van der Waals surface area contributed by atoms with E-state index < -0.39 is 11.2 Å². The molecule has 0 aliphatic carbocycles. The van der Waals surface area contributed by atoms with Gasteiger partial charge >= 0.3 is 0 Å². The van der Waals surface area contributed by atoms with Crippen molar-refractivity contribution in [3.05, 3.63) is 52.7 Å². The van der Waals surface area contributed by atoms with Crippen LogP contribution in [0.15, 0.2) is 51.7 Å². The average Bonchev–Trinajstić information content (AvgIpc) is 2.66. The first-order valence-electron chi connectivity index (χ1n) is 8.93. The van der Waals surface area contributed by atoms with Crippen molar-refractivity contribution in [2.75, 3.05) is 13.2 Å². The summed E-state index contributed by atoms with van der Waals surface area (Å²) in [5.41, 5.74) is 0.394. The van der Waals surface area contributed by atoms with Crippen LogP contribution in [0.2, 0.25) is 0 Å². The molecule has 3 rings (SSSR count). The van der Waals surface area contributed by atoms with E-state index in [0.717, 1.165) is 24.8 Å². The fraction of sp³-hybridized carbons (Fsp3) is 0.286. The number of unbranched alkanes of at least 4 members (excludes halogenated alkanes) is 3. The summed E-state index contributed by atoms with van der Waals surface area (Å²) in [5.74, 6) is -0.480. The number of hydrogen-bond donors (Lipinski definition) is 3. The maximum Gasteiger partial charge on any atom is 0.204 e. The molecule has 0 atom stereocenters. The Balaban J connectivity index is 1.88. The summed E-state index contributed by atoms with van der Waals surface area (Å²) >= 11 is 0. The Morgan fingerprint density at radius 3 is 2.44 bits per heavy atom. The van der Waals surface area contributed by atoms with Crippen molar-refractivity contribution in [2.24, 2.45) is 0 Å². The Labute approximate surface area is 156 Å². The Morgan fingerprint density at radius 2 is 1.70 bits per heavy atom. The van der Waals surface area contributed by atoms with Crippen molar-refractivity contribution in [3.63, 3.8) is 0 Å². The monoisotopic (exact) mass is 370 g/mol. The quantitative estimate of drug-likeness (QED) is 0.522. The predicted octanol–water partition coefficient (Wildman–Crippen LogP) is 3.80. The van der Waals surface area contributed by atoms with Gasteiger partial charge in [-0.2, -0.15) is 0 Å². The Bertz CT molecular complexity index is 962. The zero-order chi connectivity index (χ0) is 19.2. The number of phenols is 2. The van der Waals surface area contributed by atoms with Gasteiger partial charge in [0.1, 0.15) is 16.7 Å². The smallest absolute Gasteiger partial charge is 0.204 e. The van der Waals surface area contributed by atoms with Crippen LogP contribution in [0.1, 0.15) is 25.7 Å². The zero-order valence-corrected chi connectivity index (χ0v) is 14.9. The van der Waals surface area contributed by atoms with Crippen LogP contribution in [0.25, 0.3) is 22.3 Å². The number of benzene rings is 2. The zero-order valence-electron chi connectivity index (χ0n) is 14.9. The summed E-state index contributed by atoms with van der Waals surface area (Å²) in [6.45, 7) is 0.444. The van der Waals surface area contributed by atoms with Crippen molar-refractivity contribution in [2.45, 2.75) is 25.7 Å². The maximum absolute atomic E-state index is 12.5. The van der Waals surface area contributed by atoms with E-state index in [0.29, 0.717) is 12.2 Å². The van der Waals surface area contributed by atoms with E-state index in [1.54, 1.807) is 12.1 Å². The fourth-order valence-corrected chi connectivity index (χ4v) is 2.90. The van der Waals surface area contributed by atoms with Crippen molar-refractivity contribution < 1.29 is 24.5 Å². The Morgan fingerprint density at radius 1 is 0.963 bits per heavy atom. The number of aliphatic hydroxyl groups excluding tert-OH is 1. The van der Waals surface area contributed by atoms with E-state index in [1.165, 1.54) is 12.1 Å². The summed E-state index contributed by atoms with van der Waals surface area (Å²) in [4.78, 5) is 12.5. The first-order valence-corrected chi connectivity index (χ1v) is 8.93. The molecule has 6 heteroatoms. The van der Waals surface area contributed by atoms with Gasteiger partial charge in [-0.3, -0.25) is 4.79 Å². The van der Waals surface area contributed by atoms with Gasteiger partial charge in [-0.1, -0.05) is 36.8 Å². The standard InChI is InChI=1S/C21H22O6/c22-10-6-1-2-7-11-26-21-16(24)13-18-19(20(21)25)15(23)12-17(27-18)14-8-4-3-5-9-14/h3-5,8-9,12-13,22,24-25H,1-2,6-7,10-11H2. The SMILES string of the molecule is O=c1cc(-c2ccccc2)oc2cc(O)c(OCCCCCCO)c(O)c12. The second-order valence-corrected chi connectivity index (χ2v) is 6.27. The van der Waals surface area contributed by atoms with Gasteiger partial charge in [-0.25, -0.2) is 0 Å². The van der Waals surface area contributed by atoms with E-state index in [-0.39, 0.29) is 35.7 Å². The van der Waals surface area contributed by atoms with Gasteiger partial charge in [0.15, 0.2) is 16.9 Å². The molecule has 3 N–H and O–H groups in total. The molecule has 3 aromatic rings. The lowest BCUT2D eigenvalue weighted by Gasteiger charge is -2.12. The molecule has 27 heavy (non-hydrogen) atoms. The number of rotatable bonds is 8. The summed E-state index contributed by atoms with van der Waals surface area (Å²) < 4.78 is 11.2. The molecule has 6 nitrogen and oxygen atoms in total. The van der Waals surface area contributed by atoms with Gasteiger partial charge < -0.3 is 24.5 Å². The van der Waals surface area contributed by atoms with E-state index in [1.807, 2.05) is 18.2 Å². The minimum atomic E-state index is -0.422. The van der Waals surface area contributed by atoms with Gasteiger partial charge in [0.05, 0.1) is 6.61 Å². The summed E-state index contributed by atoms with van der Waals surface area (Å²) in [6.07, 6.45) is 3.18. The normalized spacial score (nSPS) is 11.0. The van der Waals surface area contributed by atoms with E-state index in [9.17, 15) is 15.0 Å². The number of aliphatic hydroxyl groups is 1. The average molecular weight is 370 g/mol. The molecule has 0 saturated carbocycles. The molecule has 0 fully saturated rings. The topological polar surface area (TPSA) is 100 Å². The molecule has 0 aliphatic rings. The molecule has 0 spiro atoms. The van der Waals surface area contributed by atoms with Crippen LogP contribution in [0.4, 0.5) is 0 Å². The fourth-order valence-electron chi connectivity index (χ4n) is 2.90. The van der Waals surface area contributed by atoms with Crippen LogP contribution in [0.5, 0.6) is 17.2 Å². The molecule has 1 heterocycles. The van der Waals surface area contributed by atoms with Gasteiger partial charge in [0.25, 0.3) is 0 Å². The number of fused-ring (bicyclic) bond motifs is 1. The predicted molar refractivity (Wildman–Crippen MR) is 102 cm³/mol. The highest BCUT2D eigenvalue weighted by Crippen LogP contribution is 2.41. The largest absolute Gasteiger partial charge is 0.504 e. The first-order chi connectivity index (χ1) is 13.1. The van der Waals surface area contributed by atoms with Crippen LogP contribution in [-0.2, 0) is 0 Å². The molecule has 0 unspecified atom stereocenters. The van der Waals surface area contributed by atoms with Crippen LogP contribution in [0.3, 0.4) is 0 Å². The molecular weight excluding hydrogens is 348 g/mol. The van der Waals surface area contributed by atoms with E-state index in [2.05, 4.69) is 0 Å². The third-order valence-corrected chi connectivity index (χ3v) is 4.28. The van der Waals surface area contributed by atoms with Crippen molar-refractivity contribution in [3.8, 4) is 28.6 Å². The number of aromatic hydroxyl groups is 2. The minimum absolute atomic E-state index is 0.0252. The molecule has 0 radical (unpaired) electrons. The molecule has 0 amide bonds. The summed E-state index contributed by atoms with van der Waals surface area (Å²) in [7, 11) is 0. The summed E-state index contributed by atoms with van der Waals surface area (Å²) in [6, 6.07) is 11.7. The van der Waals surface area contributed by atoms with Gasteiger partial charge in [0.2, 0.25) is 5.75 Å². The number of phenolic OH excluding ortho intramolecular Hbond substituents is 2. The minimum Gasteiger partial charge on any atom is -0.504 e. The second-order valence-electron chi connectivity index (χ2n) is 6.27. The second kappa shape index (κ2) is 8.60. The molecule has 0 aliphatic heterocycles. The molecule has 0 saturated heterocycles. The number of ether oxygens (including phenoxy) is 1. The third kappa shape index (κ3) is 4.23. The molecular formula is C21H22O6. The highest BCUT2D eigenvalue weighted by molar-refractivity contribution is 5.89.